The van der Waals surface area contributed by atoms with Crippen molar-refractivity contribution in [3.8, 4) is 0 Å². The quantitative estimate of drug-likeness (QED) is 0.149. The molecule has 7 heteroatoms. The topological polar surface area (TPSA) is 125 Å². The van der Waals surface area contributed by atoms with Crippen LogP contribution < -0.4 is 0 Å². The van der Waals surface area contributed by atoms with E-state index in [4.69, 9.17) is 0 Å². The first-order chi connectivity index (χ1) is 18.4. The Morgan fingerprint density at radius 2 is 0.575 bits per heavy atom. The van der Waals surface area contributed by atoms with Crippen LogP contribution in [-0.4, -0.2) is 47.1 Å². The second-order valence-electron chi connectivity index (χ2n) is 8.74. The molecule has 0 amide bonds. The van der Waals surface area contributed by atoms with Gasteiger partial charge in [-0.15, -0.1) is 0 Å². The molecule has 3 aromatic rings. The number of benzene rings is 3. The summed E-state index contributed by atoms with van der Waals surface area (Å²) in [6.07, 6.45) is 0. The molecule has 0 aliphatic heterocycles. The molecule has 0 fully saturated rings. The maximum absolute atomic E-state index is 9.33. The van der Waals surface area contributed by atoms with Gasteiger partial charge in [-0.05, 0) is 37.5 Å². The van der Waals surface area contributed by atoms with E-state index < -0.39 is 0 Å². The third-order valence-electron chi connectivity index (χ3n) is 5.36. The molecule has 0 spiro atoms. The minimum atomic E-state index is 0. The van der Waals surface area contributed by atoms with Crippen molar-refractivity contribution in [2.24, 2.45) is 0 Å². The Balaban J connectivity index is 0.000000563. The first-order valence-electron chi connectivity index (χ1n) is 12.3. The third-order valence-corrected chi connectivity index (χ3v) is 5.36. The third kappa shape index (κ3) is 11.9. The van der Waals surface area contributed by atoms with Gasteiger partial charge in [0.2, 0.25) is 0 Å². The summed E-state index contributed by atoms with van der Waals surface area (Å²) < 4.78 is 0. The molecule has 40 heavy (non-hydrogen) atoms. The summed E-state index contributed by atoms with van der Waals surface area (Å²) in [5.41, 5.74) is 3.97. The molecule has 6 N–H and O–H groups in total. The van der Waals surface area contributed by atoms with E-state index >= 15 is 0 Å². The largest absolute Gasteiger partial charge is 0.512 e. The molecule has 0 bridgehead atoms. The van der Waals surface area contributed by atoms with Crippen molar-refractivity contribution in [3.63, 3.8) is 0 Å². The van der Waals surface area contributed by atoms with Crippen LogP contribution in [0, 0.1) is 0 Å². The fourth-order valence-electron chi connectivity index (χ4n) is 3.85. The average molecular weight is 623 g/mol. The van der Waals surface area contributed by atoms with Crippen LogP contribution in [0.15, 0.2) is 108 Å². The maximum atomic E-state index is 9.33. The molecule has 3 aromatic carbocycles. The molecule has 3 rings (SSSR count). The van der Waals surface area contributed by atoms with Gasteiger partial charge in [0.25, 0.3) is 0 Å². The molecule has 208 valence electrons. The van der Waals surface area contributed by atoms with Crippen molar-refractivity contribution >= 4 is 34.1 Å². The van der Waals surface area contributed by atoms with E-state index in [0.29, 0.717) is 16.7 Å². The molecular weight excluding hydrogens is 584 g/mol. The van der Waals surface area contributed by atoms with Crippen molar-refractivity contribution < 1.29 is 55.9 Å². The SMILES string of the molecule is CC(=[OH+])/C(=C(/C)O)c1ccccc1.CC(=[OH+])/C(=C(/C)O)c1ccccc1.CC(=[OH+])/C(=C(/C)O)c1ccccc1.[Zr]. The van der Waals surface area contributed by atoms with Crippen molar-refractivity contribution in [2.45, 2.75) is 41.5 Å². The molecule has 0 heterocycles. The van der Waals surface area contributed by atoms with Crippen LogP contribution in [0.2, 0.25) is 0 Å². The predicted octanol–water partition coefficient (Wildman–Crippen LogP) is 7.62. The molecule has 0 saturated heterocycles. The van der Waals surface area contributed by atoms with E-state index in [-0.39, 0.29) is 60.8 Å². The number of allylic oxidation sites excluding steroid dienone is 6. The van der Waals surface area contributed by atoms with Crippen LogP contribution >= 0.6 is 0 Å². The predicted molar refractivity (Wildman–Crippen MR) is 163 cm³/mol. The molecule has 0 aliphatic rings. The summed E-state index contributed by atoms with van der Waals surface area (Å²) in [6.45, 7) is 9.35. The van der Waals surface area contributed by atoms with E-state index in [2.05, 4.69) is 0 Å². The zero-order valence-electron chi connectivity index (χ0n) is 23.8. The van der Waals surface area contributed by atoms with Crippen LogP contribution in [0.3, 0.4) is 0 Å². The Bertz CT molecular complexity index is 1170. The van der Waals surface area contributed by atoms with Crippen LogP contribution in [-0.2, 0) is 26.2 Å². The first kappa shape index (κ1) is 36.2. The van der Waals surface area contributed by atoms with Gasteiger partial charge in [-0.2, -0.15) is 0 Å². The number of aliphatic hydroxyl groups excluding tert-OH is 3. The molecule has 6 nitrogen and oxygen atoms in total. The fraction of sp³-hybridized carbons (Fsp3) is 0.182. The van der Waals surface area contributed by atoms with Gasteiger partial charge < -0.3 is 15.3 Å². The van der Waals surface area contributed by atoms with Gasteiger partial charge in [-0.25, -0.2) is 0 Å². The van der Waals surface area contributed by atoms with Gasteiger partial charge in [0.05, 0.1) is 20.8 Å². The maximum Gasteiger partial charge on any atom is 0.324 e. The summed E-state index contributed by atoms with van der Waals surface area (Å²) in [6, 6.07) is 27.9. The van der Waals surface area contributed by atoms with Gasteiger partial charge in [-0.1, -0.05) is 91.0 Å². The van der Waals surface area contributed by atoms with E-state index in [1.807, 2.05) is 91.0 Å². The number of carbonyl (C=O) groups excluding carboxylic acids is 3. The summed E-state index contributed by atoms with van der Waals surface area (Å²) in [4.78, 5) is 28.0. The minimum Gasteiger partial charge on any atom is -0.512 e. The second kappa shape index (κ2) is 18.5. The van der Waals surface area contributed by atoms with Gasteiger partial charge in [0.15, 0.2) is 0 Å². The van der Waals surface area contributed by atoms with Crippen molar-refractivity contribution in [1.29, 1.82) is 0 Å². The number of ketones is 3. The average Bonchev–Trinajstić information content (AvgIpc) is 2.85. The number of rotatable bonds is 6. The van der Waals surface area contributed by atoms with Crippen molar-refractivity contribution in [3.05, 3.63) is 125 Å². The smallest absolute Gasteiger partial charge is 0.324 e. The molecule has 0 atom stereocenters. The number of aliphatic hydroxyl groups is 3. The van der Waals surface area contributed by atoms with Crippen LogP contribution in [0.1, 0.15) is 58.2 Å². The van der Waals surface area contributed by atoms with Crippen molar-refractivity contribution in [2.75, 3.05) is 0 Å². The summed E-state index contributed by atoms with van der Waals surface area (Å²) >= 11 is 0. The Morgan fingerprint density at radius 3 is 0.700 bits per heavy atom. The van der Waals surface area contributed by atoms with E-state index in [0.717, 1.165) is 16.7 Å². The molecule has 0 saturated carbocycles. The zero-order valence-corrected chi connectivity index (χ0v) is 26.3. The fourth-order valence-corrected chi connectivity index (χ4v) is 3.85. The molecule has 0 aromatic heterocycles. The van der Waals surface area contributed by atoms with Gasteiger partial charge >= 0.3 is 17.3 Å². The zero-order chi connectivity index (χ0) is 29.5. The Labute approximate surface area is 255 Å². The Morgan fingerprint density at radius 1 is 0.400 bits per heavy atom. The van der Waals surface area contributed by atoms with Gasteiger partial charge in [0, 0.05) is 26.2 Å². The van der Waals surface area contributed by atoms with Crippen molar-refractivity contribution in [1.82, 2.24) is 0 Å². The van der Waals surface area contributed by atoms with E-state index in [1.54, 1.807) is 41.5 Å². The van der Waals surface area contributed by atoms with Crippen LogP contribution in [0.25, 0.3) is 16.7 Å². The van der Waals surface area contributed by atoms with E-state index in [9.17, 15) is 29.7 Å². The number of hydrogen-bond acceptors (Lipinski definition) is 3. The summed E-state index contributed by atoms with van der Waals surface area (Å²) in [5, 5.41) is 28.0. The minimum absolute atomic E-state index is 0. The molecular formula is C33H39O6Zr+3. The second-order valence-corrected chi connectivity index (χ2v) is 8.74. The van der Waals surface area contributed by atoms with Crippen LogP contribution in [0.4, 0.5) is 0 Å². The van der Waals surface area contributed by atoms with Gasteiger partial charge in [0.1, 0.15) is 34.0 Å². The molecule has 0 unspecified atom stereocenters. The number of hydrogen-bond donors (Lipinski definition) is 3. The monoisotopic (exact) mass is 621 g/mol. The normalized spacial score (nSPS) is 11.8. The van der Waals surface area contributed by atoms with Gasteiger partial charge in [-0.3, -0.25) is 14.4 Å². The Hall–Kier alpha value is -3.83. The summed E-state index contributed by atoms with van der Waals surface area (Å²) in [5.74, 6) is 0.784. The first-order valence-corrected chi connectivity index (χ1v) is 12.3. The molecule has 0 aliphatic carbocycles. The van der Waals surface area contributed by atoms with E-state index in [1.165, 1.54) is 0 Å². The Kier molecular flexibility index (Phi) is 16.7. The standard InChI is InChI=1S/3C11H12O2.Zr/c3*1-8(12)11(9(2)13)10-6-4-3-5-7-10;/h3*3-7,12H,1-2H3;/p+3/b3*11-8+;. The molecule has 0 radical (unpaired) electrons. The summed E-state index contributed by atoms with van der Waals surface area (Å²) in [7, 11) is 0. The van der Waals surface area contributed by atoms with Crippen LogP contribution in [0.5, 0.6) is 0 Å².